The van der Waals surface area contributed by atoms with Gasteiger partial charge in [-0.1, -0.05) is 18.6 Å². The summed E-state index contributed by atoms with van der Waals surface area (Å²) < 4.78 is 12.6. The van der Waals surface area contributed by atoms with Gasteiger partial charge in [0.05, 0.1) is 5.83 Å². The molecule has 16 heavy (non-hydrogen) atoms. The van der Waals surface area contributed by atoms with E-state index in [0.717, 1.165) is 12.0 Å². The molecule has 0 aliphatic heterocycles. The fraction of sp³-hybridized carbons (Fsp3) is 0.462. The minimum absolute atomic E-state index is 0.173. The van der Waals surface area contributed by atoms with E-state index >= 15 is 0 Å². The van der Waals surface area contributed by atoms with Crippen LogP contribution in [0.15, 0.2) is 35.2 Å². The highest BCUT2D eigenvalue weighted by Gasteiger charge is 2.04. The summed E-state index contributed by atoms with van der Waals surface area (Å²) in [5, 5.41) is 2.70. The van der Waals surface area contributed by atoms with Gasteiger partial charge in [-0.3, -0.25) is 4.79 Å². The monoisotopic (exact) mass is 225 g/mol. The zero-order chi connectivity index (χ0) is 12.6. The van der Waals surface area contributed by atoms with E-state index in [2.05, 4.69) is 5.32 Å². The summed E-state index contributed by atoms with van der Waals surface area (Å²) in [7, 11) is 0. The molecule has 0 heterocycles. The van der Waals surface area contributed by atoms with Crippen molar-refractivity contribution in [1.29, 1.82) is 0 Å². The molecular weight excluding hydrogens is 205 g/mol. The first-order valence-electron chi connectivity index (χ1n) is 5.50. The molecule has 0 radical (unpaired) electrons. The van der Waals surface area contributed by atoms with Gasteiger partial charge in [0.2, 0.25) is 0 Å². The lowest BCUT2D eigenvalue weighted by atomic mass is 10.1. The van der Waals surface area contributed by atoms with E-state index in [1.165, 1.54) is 19.1 Å². The van der Waals surface area contributed by atoms with Crippen LogP contribution >= 0.6 is 0 Å². The normalized spacial score (nSPS) is 13.9. The van der Waals surface area contributed by atoms with Gasteiger partial charge in [-0.15, -0.1) is 0 Å². The SMILES string of the molecule is CCNC(=O)C(/C=C(\C)CC)=C/C=C(\C)F. The summed E-state index contributed by atoms with van der Waals surface area (Å²) in [6.45, 7) is 7.72. The number of amides is 1. The molecule has 0 unspecified atom stereocenters. The maximum Gasteiger partial charge on any atom is 0.251 e. The highest BCUT2D eigenvalue weighted by Crippen LogP contribution is 2.07. The Labute approximate surface area is 96.9 Å². The highest BCUT2D eigenvalue weighted by molar-refractivity contribution is 5.96. The molecular formula is C13H20FNO. The maximum atomic E-state index is 12.6. The number of hydrogen-bond donors (Lipinski definition) is 1. The van der Waals surface area contributed by atoms with Gasteiger partial charge in [-0.2, -0.15) is 0 Å². The molecule has 0 saturated heterocycles. The number of hydrogen-bond acceptors (Lipinski definition) is 1. The van der Waals surface area contributed by atoms with Crippen LogP contribution in [0.4, 0.5) is 4.39 Å². The van der Waals surface area contributed by atoms with Crippen molar-refractivity contribution >= 4 is 5.91 Å². The first kappa shape index (κ1) is 14.6. The second kappa shape index (κ2) is 7.85. The van der Waals surface area contributed by atoms with Crippen LogP contribution in [0.5, 0.6) is 0 Å². The Hall–Kier alpha value is -1.38. The molecule has 90 valence electrons. The molecule has 1 N–H and O–H groups in total. The van der Waals surface area contributed by atoms with E-state index in [0.29, 0.717) is 12.1 Å². The van der Waals surface area contributed by atoms with Crippen LogP contribution in [0.1, 0.15) is 34.1 Å². The number of rotatable bonds is 5. The smallest absolute Gasteiger partial charge is 0.251 e. The van der Waals surface area contributed by atoms with Crippen LogP contribution in [0.2, 0.25) is 0 Å². The quantitative estimate of drug-likeness (QED) is 0.564. The second-order valence-electron chi connectivity index (χ2n) is 3.58. The fourth-order valence-corrected chi connectivity index (χ4v) is 1.02. The van der Waals surface area contributed by atoms with Gasteiger partial charge in [-0.25, -0.2) is 4.39 Å². The van der Waals surface area contributed by atoms with Gasteiger partial charge in [0, 0.05) is 12.1 Å². The number of likely N-dealkylation sites (N-methyl/N-ethyl adjacent to an activating group) is 1. The molecule has 0 aliphatic carbocycles. The average molecular weight is 225 g/mol. The number of carbonyl (C=O) groups excluding carboxylic acids is 1. The van der Waals surface area contributed by atoms with Crippen molar-refractivity contribution in [3.05, 3.63) is 35.2 Å². The van der Waals surface area contributed by atoms with E-state index in [1.54, 1.807) is 6.08 Å². The third kappa shape index (κ3) is 6.17. The van der Waals surface area contributed by atoms with Crippen LogP contribution in [-0.2, 0) is 4.79 Å². The van der Waals surface area contributed by atoms with Crippen LogP contribution < -0.4 is 5.32 Å². The maximum absolute atomic E-state index is 12.6. The van der Waals surface area contributed by atoms with Crippen molar-refractivity contribution in [2.24, 2.45) is 0 Å². The zero-order valence-electron chi connectivity index (χ0n) is 10.4. The molecule has 0 bridgehead atoms. The molecule has 0 rings (SSSR count). The number of halogens is 1. The Bertz CT molecular complexity index is 323. The molecule has 3 heteroatoms. The van der Waals surface area contributed by atoms with Crippen molar-refractivity contribution in [2.75, 3.05) is 6.54 Å². The van der Waals surface area contributed by atoms with E-state index in [9.17, 15) is 9.18 Å². The van der Waals surface area contributed by atoms with Gasteiger partial charge in [-0.05, 0) is 39.3 Å². The summed E-state index contributed by atoms with van der Waals surface area (Å²) in [5.74, 6) is -0.489. The highest BCUT2D eigenvalue weighted by atomic mass is 19.1. The Morgan fingerprint density at radius 2 is 1.88 bits per heavy atom. The first-order chi connectivity index (χ1) is 7.51. The Kier molecular flexibility index (Phi) is 7.18. The lowest BCUT2D eigenvalue weighted by Gasteiger charge is -2.03. The van der Waals surface area contributed by atoms with Gasteiger partial charge >= 0.3 is 0 Å². The Morgan fingerprint density at radius 3 is 2.31 bits per heavy atom. The molecule has 0 fully saturated rings. The first-order valence-corrected chi connectivity index (χ1v) is 5.50. The van der Waals surface area contributed by atoms with E-state index in [4.69, 9.17) is 0 Å². The third-order valence-electron chi connectivity index (χ3n) is 2.05. The molecule has 0 atom stereocenters. The molecule has 2 nitrogen and oxygen atoms in total. The van der Waals surface area contributed by atoms with E-state index in [1.807, 2.05) is 20.8 Å². The summed E-state index contributed by atoms with van der Waals surface area (Å²) >= 11 is 0. The van der Waals surface area contributed by atoms with E-state index in [-0.39, 0.29) is 11.7 Å². The molecule has 0 spiro atoms. The lowest BCUT2D eigenvalue weighted by Crippen LogP contribution is -2.23. The van der Waals surface area contributed by atoms with Crippen molar-refractivity contribution in [1.82, 2.24) is 5.32 Å². The zero-order valence-corrected chi connectivity index (χ0v) is 10.4. The molecule has 0 saturated carbocycles. The topological polar surface area (TPSA) is 29.1 Å². The summed E-state index contributed by atoms with van der Waals surface area (Å²) in [6, 6.07) is 0. The number of nitrogens with one attached hydrogen (secondary N) is 1. The largest absolute Gasteiger partial charge is 0.352 e. The molecule has 0 aromatic rings. The predicted octanol–water partition coefficient (Wildman–Crippen LogP) is 3.28. The van der Waals surface area contributed by atoms with Crippen molar-refractivity contribution < 1.29 is 9.18 Å². The van der Waals surface area contributed by atoms with Crippen LogP contribution in [0.3, 0.4) is 0 Å². The minimum atomic E-state index is -0.315. The van der Waals surface area contributed by atoms with Crippen LogP contribution in [0.25, 0.3) is 0 Å². The van der Waals surface area contributed by atoms with Gasteiger partial charge in [0.25, 0.3) is 5.91 Å². The molecule has 0 aliphatic rings. The summed E-state index contributed by atoms with van der Waals surface area (Å²) in [4.78, 5) is 11.6. The number of carbonyl (C=O) groups is 1. The van der Waals surface area contributed by atoms with Crippen molar-refractivity contribution in [3.8, 4) is 0 Å². The van der Waals surface area contributed by atoms with E-state index < -0.39 is 0 Å². The molecule has 1 amide bonds. The Balaban J connectivity index is 4.98. The summed E-state index contributed by atoms with van der Waals surface area (Å²) in [5.41, 5.74) is 1.57. The standard InChI is InChI=1S/C13H20FNO/c1-5-10(3)9-12(8-7-11(4)14)13(16)15-6-2/h7-9H,5-6H2,1-4H3,(H,15,16)/b10-9+,11-7+,12-8+. The van der Waals surface area contributed by atoms with Crippen LogP contribution in [0, 0.1) is 0 Å². The predicted molar refractivity (Wildman–Crippen MR) is 65.7 cm³/mol. The lowest BCUT2D eigenvalue weighted by molar-refractivity contribution is -0.117. The van der Waals surface area contributed by atoms with Crippen molar-refractivity contribution in [3.63, 3.8) is 0 Å². The molecule has 0 aromatic carbocycles. The number of allylic oxidation sites excluding steroid dienone is 4. The van der Waals surface area contributed by atoms with Gasteiger partial charge in [0.1, 0.15) is 0 Å². The molecule has 0 aromatic heterocycles. The van der Waals surface area contributed by atoms with Crippen LogP contribution in [-0.4, -0.2) is 12.5 Å². The Morgan fingerprint density at radius 1 is 1.25 bits per heavy atom. The average Bonchev–Trinajstić information content (AvgIpc) is 2.23. The second-order valence-corrected chi connectivity index (χ2v) is 3.58. The third-order valence-corrected chi connectivity index (χ3v) is 2.05. The summed E-state index contributed by atoms with van der Waals surface area (Å²) in [6.07, 6.45) is 5.45. The minimum Gasteiger partial charge on any atom is -0.352 e. The van der Waals surface area contributed by atoms with Gasteiger partial charge < -0.3 is 5.32 Å². The van der Waals surface area contributed by atoms with Gasteiger partial charge in [0.15, 0.2) is 0 Å². The van der Waals surface area contributed by atoms with Crippen molar-refractivity contribution in [2.45, 2.75) is 34.1 Å². The fourth-order valence-electron chi connectivity index (χ4n) is 1.02.